The molecule has 196 valence electrons. The number of nitrogens with one attached hydrogen (secondary N) is 1. The van der Waals surface area contributed by atoms with Gasteiger partial charge in [0.05, 0.1) is 34.4 Å². The van der Waals surface area contributed by atoms with E-state index in [0.29, 0.717) is 22.5 Å². The topological polar surface area (TPSA) is 64.2 Å². The lowest BCUT2D eigenvalue weighted by Gasteiger charge is -2.11. The van der Waals surface area contributed by atoms with Gasteiger partial charge in [-0.05, 0) is 54.3 Å². The molecule has 0 aliphatic heterocycles. The largest absolute Gasteiger partial charge is 0.417 e. The first-order valence-electron chi connectivity index (χ1n) is 11.8. The molecule has 3 aromatic heterocycles. The van der Waals surface area contributed by atoms with Crippen molar-refractivity contribution in [1.82, 2.24) is 19.2 Å². The van der Waals surface area contributed by atoms with Crippen molar-refractivity contribution in [2.24, 2.45) is 7.05 Å². The minimum atomic E-state index is -4.60. The molecule has 0 bridgehead atoms. The zero-order chi connectivity index (χ0) is 27.7. The number of ketones is 1. The number of benzene rings is 2. The first kappa shape index (κ1) is 26.1. The van der Waals surface area contributed by atoms with Crippen LogP contribution in [0, 0.1) is 18.8 Å². The number of anilines is 2. The number of imidazole rings is 1. The van der Waals surface area contributed by atoms with Crippen LogP contribution < -0.4 is 5.32 Å². The summed E-state index contributed by atoms with van der Waals surface area (Å²) in [6.45, 7) is 1.87. The first-order valence-corrected chi connectivity index (χ1v) is 12.2. The van der Waals surface area contributed by atoms with Gasteiger partial charge in [0.1, 0.15) is 5.69 Å². The number of carbonyl (C=O) groups excluding carboxylic acids is 1. The Morgan fingerprint density at radius 3 is 2.67 bits per heavy atom. The molecular formula is C29H21ClF3N5O. The van der Waals surface area contributed by atoms with Gasteiger partial charge in [0.25, 0.3) is 0 Å². The molecule has 0 spiro atoms. The van der Waals surface area contributed by atoms with Crippen LogP contribution in [-0.4, -0.2) is 24.9 Å². The molecule has 3 heterocycles. The maximum atomic E-state index is 13.2. The maximum Gasteiger partial charge on any atom is 0.417 e. The quantitative estimate of drug-likeness (QED) is 0.198. The fraction of sp³-hybridized carbons (Fsp3) is 0.138. The fourth-order valence-electron chi connectivity index (χ4n) is 4.09. The monoisotopic (exact) mass is 547 g/mol. The Labute approximate surface area is 227 Å². The molecule has 0 radical (unpaired) electrons. The number of hydrogen-bond acceptors (Lipinski definition) is 4. The summed E-state index contributed by atoms with van der Waals surface area (Å²) in [4.78, 5) is 17.4. The normalized spacial score (nSPS) is 11.3. The van der Waals surface area contributed by atoms with Crippen molar-refractivity contribution in [2.45, 2.75) is 19.5 Å². The Morgan fingerprint density at radius 1 is 1.10 bits per heavy atom. The Bertz CT molecular complexity index is 1780. The highest BCUT2D eigenvalue weighted by Gasteiger charge is 2.33. The first-order chi connectivity index (χ1) is 18.6. The van der Waals surface area contributed by atoms with E-state index in [2.05, 4.69) is 27.2 Å². The second-order valence-electron chi connectivity index (χ2n) is 8.98. The summed E-state index contributed by atoms with van der Waals surface area (Å²) in [5, 5.41) is 7.05. The number of Topliss-reactive ketones (excluding diaryl/α,β-unsaturated/α-hetero) is 1. The smallest absolute Gasteiger partial charge is 0.350 e. The third-order valence-electron chi connectivity index (χ3n) is 6.11. The van der Waals surface area contributed by atoms with Crippen molar-refractivity contribution < 1.29 is 18.0 Å². The summed E-state index contributed by atoms with van der Waals surface area (Å²) in [5.74, 6) is 5.91. The van der Waals surface area contributed by atoms with E-state index in [1.165, 1.54) is 6.07 Å². The number of hydrogen-bond donors (Lipinski definition) is 1. The van der Waals surface area contributed by atoms with E-state index in [0.717, 1.165) is 29.1 Å². The summed E-state index contributed by atoms with van der Waals surface area (Å²) in [6, 6.07) is 12.4. The van der Waals surface area contributed by atoms with Gasteiger partial charge in [-0.3, -0.25) is 13.9 Å². The van der Waals surface area contributed by atoms with Crippen LogP contribution in [0.1, 0.15) is 38.3 Å². The second-order valence-corrected chi connectivity index (χ2v) is 9.39. The van der Waals surface area contributed by atoms with Crippen LogP contribution in [0.15, 0.2) is 73.3 Å². The molecule has 5 aromatic rings. The lowest BCUT2D eigenvalue weighted by atomic mass is 9.98. The number of halogens is 4. The van der Waals surface area contributed by atoms with E-state index in [4.69, 9.17) is 11.6 Å². The lowest BCUT2D eigenvalue weighted by Crippen LogP contribution is -2.09. The molecule has 0 saturated carbocycles. The highest BCUT2D eigenvalue weighted by atomic mass is 35.5. The van der Waals surface area contributed by atoms with E-state index in [9.17, 15) is 18.0 Å². The van der Waals surface area contributed by atoms with E-state index >= 15 is 0 Å². The van der Waals surface area contributed by atoms with Gasteiger partial charge in [0, 0.05) is 37.0 Å². The lowest BCUT2D eigenvalue weighted by molar-refractivity contribution is -0.137. The molecular weight excluding hydrogens is 527 g/mol. The summed E-state index contributed by atoms with van der Waals surface area (Å²) in [6.07, 6.45) is 2.29. The molecule has 39 heavy (non-hydrogen) atoms. The third-order valence-corrected chi connectivity index (χ3v) is 6.43. The summed E-state index contributed by atoms with van der Waals surface area (Å²) < 4.78 is 43.2. The molecule has 0 unspecified atom stereocenters. The van der Waals surface area contributed by atoms with Gasteiger partial charge in [0.2, 0.25) is 0 Å². The molecule has 1 N–H and O–H groups in total. The van der Waals surface area contributed by atoms with Crippen molar-refractivity contribution in [2.75, 3.05) is 5.32 Å². The van der Waals surface area contributed by atoms with Crippen molar-refractivity contribution in [3.63, 3.8) is 0 Å². The summed E-state index contributed by atoms with van der Waals surface area (Å²) in [7, 11) is 1.83. The number of pyridine rings is 1. The van der Waals surface area contributed by atoms with Gasteiger partial charge in [-0.15, -0.1) is 0 Å². The van der Waals surface area contributed by atoms with E-state index < -0.39 is 16.8 Å². The molecule has 0 amide bonds. The van der Waals surface area contributed by atoms with Crippen LogP contribution in [-0.2, 0) is 19.6 Å². The molecule has 6 nitrogen and oxygen atoms in total. The predicted octanol–water partition coefficient (Wildman–Crippen LogP) is 6.62. The van der Waals surface area contributed by atoms with Crippen molar-refractivity contribution >= 4 is 34.4 Å². The number of alkyl halides is 3. The molecule has 2 aromatic carbocycles. The molecule has 0 atom stereocenters. The standard InChI is InChI=1S/C29H21ClF3N5O/c1-18-5-7-21(27(39)13-19-6-10-25(30)24(12-19)29(31,32)33)14-20(18)8-9-23-16-34-28-26(4-3-11-38(23)28)36-22-15-35-37(2)17-22/h3-7,10-12,14-17,36H,13H2,1-2H3. The minimum absolute atomic E-state index is 0.198. The van der Waals surface area contributed by atoms with E-state index in [1.54, 1.807) is 35.3 Å². The Morgan fingerprint density at radius 2 is 1.92 bits per heavy atom. The van der Waals surface area contributed by atoms with Gasteiger partial charge in [-0.1, -0.05) is 35.7 Å². The van der Waals surface area contributed by atoms with Crippen LogP contribution in [0.3, 0.4) is 0 Å². The Kier molecular flexibility index (Phi) is 6.89. The fourth-order valence-corrected chi connectivity index (χ4v) is 4.32. The van der Waals surface area contributed by atoms with Crippen LogP contribution in [0.4, 0.5) is 24.5 Å². The molecule has 5 rings (SSSR count). The average Bonchev–Trinajstić information content (AvgIpc) is 3.50. The number of fused-ring (bicyclic) bond motifs is 1. The average molecular weight is 548 g/mol. The van der Waals surface area contributed by atoms with Gasteiger partial charge in [0.15, 0.2) is 11.4 Å². The summed E-state index contributed by atoms with van der Waals surface area (Å²) in [5.41, 5.74) is 4.07. The SMILES string of the molecule is Cc1ccc(C(=O)Cc2ccc(Cl)c(C(F)(F)F)c2)cc1C#Cc1cnc2c(Nc3cnn(C)c3)cccn12. The Balaban J connectivity index is 1.39. The molecule has 0 saturated heterocycles. The maximum absolute atomic E-state index is 13.2. The predicted molar refractivity (Wildman–Crippen MR) is 143 cm³/mol. The van der Waals surface area contributed by atoms with Crippen molar-refractivity contribution in [1.29, 1.82) is 0 Å². The van der Waals surface area contributed by atoms with Crippen LogP contribution in [0.25, 0.3) is 5.65 Å². The highest BCUT2D eigenvalue weighted by Crippen LogP contribution is 2.35. The molecule has 0 aliphatic carbocycles. The van der Waals surface area contributed by atoms with Gasteiger partial charge in [-0.2, -0.15) is 18.3 Å². The van der Waals surface area contributed by atoms with Crippen LogP contribution in [0.5, 0.6) is 0 Å². The van der Waals surface area contributed by atoms with E-state index in [1.807, 2.05) is 42.9 Å². The van der Waals surface area contributed by atoms with Crippen molar-refractivity contribution in [3.05, 3.63) is 112 Å². The minimum Gasteiger partial charge on any atom is -0.350 e. The number of rotatable bonds is 5. The van der Waals surface area contributed by atoms with Gasteiger partial charge in [-0.25, -0.2) is 4.98 Å². The number of aryl methyl sites for hydroxylation is 2. The van der Waals surface area contributed by atoms with Crippen LogP contribution in [0.2, 0.25) is 5.02 Å². The van der Waals surface area contributed by atoms with Crippen LogP contribution >= 0.6 is 11.6 Å². The number of nitrogens with zero attached hydrogens (tertiary/aromatic N) is 4. The second kappa shape index (κ2) is 10.3. The summed E-state index contributed by atoms with van der Waals surface area (Å²) >= 11 is 5.70. The highest BCUT2D eigenvalue weighted by molar-refractivity contribution is 6.31. The van der Waals surface area contributed by atoms with Gasteiger partial charge >= 0.3 is 6.18 Å². The van der Waals surface area contributed by atoms with Crippen molar-refractivity contribution in [3.8, 4) is 11.8 Å². The number of carbonyl (C=O) groups is 1. The zero-order valence-electron chi connectivity index (χ0n) is 20.8. The molecule has 10 heteroatoms. The molecule has 0 aliphatic rings. The number of aromatic nitrogens is 4. The third kappa shape index (κ3) is 5.66. The molecule has 0 fully saturated rings. The van der Waals surface area contributed by atoms with E-state index in [-0.39, 0.29) is 17.8 Å². The Hall–Kier alpha value is -4.55. The van der Waals surface area contributed by atoms with Gasteiger partial charge < -0.3 is 5.32 Å². The zero-order valence-corrected chi connectivity index (χ0v) is 21.6.